The van der Waals surface area contributed by atoms with E-state index in [-0.39, 0.29) is 29.9 Å². The van der Waals surface area contributed by atoms with Gasteiger partial charge in [0, 0.05) is 32.9 Å². The molecule has 0 aliphatic carbocycles. The molecular formula is C54H34N2. The van der Waals surface area contributed by atoms with E-state index < -0.39 is 6.04 Å². The van der Waals surface area contributed by atoms with Gasteiger partial charge >= 0.3 is 0 Å². The van der Waals surface area contributed by atoms with Crippen molar-refractivity contribution in [2.75, 3.05) is 0 Å². The van der Waals surface area contributed by atoms with E-state index in [1.165, 1.54) is 37.9 Å². The first-order valence-corrected chi connectivity index (χ1v) is 18.9. The van der Waals surface area contributed by atoms with Gasteiger partial charge in [-0.25, -0.2) is 0 Å². The maximum absolute atomic E-state index is 8.79. The van der Waals surface area contributed by atoms with E-state index in [2.05, 4.69) is 150 Å². The maximum atomic E-state index is 8.79. The van der Waals surface area contributed by atoms with Gasteiger partial charge in [0.2, 0.25) is 0 Å². The summed E-state index contributed by atoms with van der Waals surface area (Å²) < 4.78 is 46.7. The molecule has 0 atom stereocenters. The molecule has 12 rings (SSSR count). The van der Waals surface area contributed by atoms with Crippen LogP contribution in [0.4, 0.5) is 0 Å². The molecule has 260 valence electrons. The molecule has 2 heterocycles. The average molecular weight is 716 g/mol. The molecule has 0 fully saturated rings. The number of fused-ring (bicyclic) bond motifs is 12. The number of benzene rings is 10. The topological polar surface area (TPSA) is 9.86 Å². The summed E-state index contributed by atoms with van der Waals surface area (Å²) in [5, 5.41) is 11.7. The van der Waals surface area contributed by atoms with Gasteiger partial charge in [0.15, 0.2) is 0 Å². The van der Waals surface area contributed by atoms with E-state index in [1.54, 1.807) is 0 Å². The molecule has 0 aliphatic heterocycles. The molecule has 0 amide bonds. The number of rotatable bonds is 4. The van der Waals surface area contributed by atoms with E-state index in [1.807, 2.05) is 34.9 Å². The van der Waals surface area contributed by atoms with Crippen molar-refractivity contribution in [1.29, 1.82) is 0 Å². The molecule has 2 nitrogen and oxygen atoms in total. The second kappa shape index (κ2) is 12.0. The number of hydrogen-bond donors (Lipinski definition) is 0. The predicted octanol–water partition coefficient (Wildman–Crippen LogP) is 14.7. The van der Waals surface area contributed by atoms with Crippen LogP contribution in [0.3, 0.4) is 0 Å². The number of para-hydroxylation sites is 3. The van der Waals surface area contributed by atoms with Crippen LogP contribution in [0.2, 0.25) is 0 Å². The van der Waals surface area contributed by atoms with Crippen LogP contribution < -0.4 is 0 Å². The molecular weight excluding hydrogens is 677 g/mol. The van der Waals surface area contributed by atoms with Crippen molar-refractivity contribution < 1.29 is 6.85 Å². The fraction of sp³-hybridized carbons (Fsp3) is 0. The van der Waals surface area contributed by atoms with Gasteiger partial charge in [-0.1, -0.05) is 139 Å². The molecule has 2 aromatic heterocycles. The van der Waals surface area contributed by atoms with Gasteiger partial charge in [-0.2, -0.15) is 0 Å². The van der Waals surface area contributed by atoms with Crippen molar-refractivity contribution in [3.63, 3.8) is 0 Å². The minimum atomic E-state index is -0.404. The van der Waals surface area contributed by atoms with E-state index >= 15 is 0 Å². The number of aromatic nitrogens is 2. The lowest BCUT2D eigenvalue weighted by atomic mass is 9.92. The number of hydrogen-bond acceptors (Lipinski definition) is 0. The first-order valence-electron chi connectivity index (χ1n) is 21.4. The van der Waals surface area contributed by atoms with Crippen molar-refractivity contribution in [3.05, 3.63) is 206 Å². The van der Waals surface area contributed by atoms with Crippen LogP contribution in [0.15, 0.2) is 206 Å². The van der Waals surface area contributed by atoms with Crippen molar-refractivity contribution in [3.8, 4) is 33.6 Å². The lowest BCUT2D eigenvalue weighted by Crippen LogP contribution is -1.94. The summed E-state index contributed by atoms with van der Waals surface area (Å²) in [6, 6.07) is 60.8. The molecule has 2 heteroatoms. The second-order valence-electron chi connectivity index (χ2n) is 14.5. The molecule has 0 saturated carbocycles. The Bertz CT molecular complexity index is 3780. The van der Waals surface area contributed by atoms with Crippen molar-refractivity contribution in [1.82, 2.24) is 9.13 Å². The van der Waals surface area contributed by atoms with E-state index in [9.17, 15) is 0 Å². The van der Waals surface area contributed by atoms with Crippen LogP contribution >= 0.6 is 0 Å². The molecule has 12 aromatic rings. The average Bonchev–Trinajstić information content (AvgIpc) is 3.82. The Balaban J connectivity index is 0.998. The van der Waals surface area contributed by atoms with Crippen LogP contribution in [0.1, 0.15) is 6.85 Å². The second-order valence-corrected chi connectivity index (χ2v) is 14.5. The van der Waals surface area contributed by atoms with E-state index in [0.717, 1.165) is 66.0 Å². The van der Waals surface area contributed by atoms with Gasteiger partial charge < -0.3 is 9.13 Å². The highest BCUT2D eigenvalue weighted by Crippen LogP contribution is 2.40. The third kappa shape index (κ3) is 4.57. The minimum Gasteiger partial charge on any atom is -0.309 e. The Kier molecular flexibility index (Phi) is 5.67. The minimum absolute atomic E-state index is 0.144. The van der Waals surface area contributed by atoms with E-state index in [4.69, 9.17) is 6.85 Å². The lowest BCUT2D eigenvalue weighted by Gasteiger charge is -2.13. The summed E-state index contributed by atoms with van der Waals surface area (Å²) in [6.07, 6.45) is 0. The molecule has 56 heavy (non-hydrogen) atoms. The molecule has 0 saturated heterocycles. The fourth-order valence-corrected chi connectivity index (χ4v) is 9.09. The summed E-state index contributed by atoms with van der Waals surface area (Å²) in [7, 11) is 0. The molecule has 0 unspecified atom stereocenters. The molecule has 0 bridgehead atoms. The highest BCUT2D eigenvalue weighted by Gasteiger charge is 2.17. The lowest BCUT2D eigenvalue weighted by molar-refractivity contribution is 1.18. The Labute approximate surface area is 330 Å². The first-order chi connectivity index (χ1) is 29.9. The normalized spacial score (nSPS) is 13.2. The predicted molar refractivity (Wildman–Crippen MR) is 239 cm³/mol. The summed E-state index contributed by atoms with van der Waals surface area (Å²) in [5.41, 5.74) is 9.41. The molecule has 0 N–H and O–H groups in total. The molecule has 10 aromatic carbocycles. The van der Waals surface area contributed by atoms with Gasteiger partial charge in [0.05, 0.1) is 28.9 Å². The number of nitrogens with zero attached hydrogens (tertiary/aromatic N) is 2. The maximum Gasteiger partial charge on any atom is 0.0645 e. The smallest absolute Gasteiger partial charge is 0.0645 e. The quantitative estimate of drug-likeness (QED) is 0.161. The fourth-order valence-electron chi connectivity index (χ4n) is 9.09. The summed E-state index contributed by atoms with van der Waals surface area (Å²) in [6.45, 7) is 0. The molecule has 0 radical (unpaired) electrons. The summed E-state index contributed by atoms with van der Waals surface area (Å²) in [5.74, 6) is 0. The van der Waals surface area contributed by atoms with Gasteiger partial charge in [-0.15, -0.1) is 0 Å². The highest BCUT2D eigenvalue weighted by atomic mass is 15.0. The largest absolute Gasteiger partial charge is 0.309 e. The summed E-state index contributed by atoms with van der Waals surface area (Å²) >= 11 is 0. The SMILES string of the molecule is [2H]c1c([2H])c([2H])c(-n2c3ccccc3c3cc(-c4ccc5c(c4)c4ccccc4n5-c4cccc(-c5ccc6c7ccccc7c7ccccc7c6c5)c4)ccc32)c([2H])c1[2H]. The van der Waals surface area contributed by atoms with Crippen LogP contribution in [-0.4, -0.2) is 9.13 Å². The van der Waals surface area contributed by atoms with Crippen molar-refractivity contribution in [2.45, 2.75) is 0 Å². The Morgan fingerprint density at radius 3 is 1.25 bits per heavy atom. The molecule has 0 aliphatic rings. The zero-order chi connectivity index (χ0) is 41.1. The third-order valence-corrected chi connectivity index (χ3v) is 11.6. The van der Waals surface area contributed by atoms with Gasteiger partial charge in [0.25, 0.3) is 0 Å². The van der Waals surface area contributed by atoms with Crippen molar-refractivity contribution >= 4 is 75.9 Å². The standard InChI is InChI=1S/C54H34N2/c1-2-14-39(15-3-1)55-51-23-10-8-21-46(51)49-33-37(26-29-53(49)55)38-27-30-54-50(34-38)47-22-9-11-24-52(47)56(54)40-16-12-13-35(31-40)36-25-28-45-43-19-5-4-17-41(43)42-18-6-7-20-44(42)48(45)32-36/h1-34H/i1D,2D,3D,14D,15D. The monoisotopic (exact) mass is 715 g/mol. The van der Waals surface area contributed by atoms with E-state index in [0.29, 0.717) is 0 Å². The zero-order valence-electron chi connectivity index (χ0n) is 35.1. The van der Waals surface area contributed by atoms with Crippen LogP contribution in [0, 0.1) is 0 Å². The third-order valence-electron chi connectivity index (χ3n) is 11.6. The van der Waals surface area contributed by atoms with Crippen LogP contribution in [0.5, 0.6) is 0 Å². The van der Waals surface area contributed by atoms with Crippen LogP contribution in [-0.2, 0) is 0 Å². The van der Waals surface area contributed by atoms with Crippen LogP contribution in [0.25, 0.3) is 110 Å². The summed E-state index contributed by atoms with van der Waals surface area (Å²) in [4.78, 5) is 0. The Hall–Kier alpha value is -7.42. The van der Waals surface area contributed by atoms with Gasteiger partial charge in [-0.05, 0) is 121 Å². The van der Waals surface area contributed by atoms with Gasteiger partial charge in [-0.3, -0.25) is 0 Å². The molecule has 0 spiro atoms. The highest BCUT2D eigenvalue weighted by molar-refractivity contribution is 6.25. The van der Waals surface area contributed by atoms with Crippen molar-refractivity contribution in [2.24, 2.45) is 0 Å². The first kappa shape index (κ1) is 26.4. The zero-order valence-corrected chi connectivity index (χ0v) is 30.1. The Morgan fingerprint density at radius 1 is 0.268 bits per heavy atom. The van der Waals surface area contributed by atoms with Gasteiger partial charge in [0.1, 0.15) is 0 Å². The Morgan fingerprint density at radius 2 is 0.679 bits per heavy atom.